The number of benzene rings is 1. The Morgan fingerprint density at radius 1 is 1.37 bits per heavy atom. The van der Waals surface area contributed by atoms with Crippen LogP contribution in [0.1, 0.15) is 30.4 Å². The quantitative estimate of drug-likeness (QED) is 0.846. The van der Waals surface area contributed by atoms with Gasteiger partial charge in [-0.25, -0.2) is 0 Å². The Kier molecular flexibility index (Phi) is 3.91. The van der Waals surface area contributed by atoms with E-state index in [1.165, 1.54) is 0 Å². The Morgan fingerprint density at radius 2 is 2.05 bits per heavy atom. The first-order valence-electron chi connectivity index (χ1n) is 5.97. The molecule has 0 radical (unpaired) electrons. The zero-order chi connectivity index (χ0) is 13.8. The third kappa shape index (κ3) is 2.97. The van der Waals surface area contributed by atoms with Crippen molar-refractivity contribution in [3.8, 4) is 0 Å². The molecule has 1 aromatic heterocycles. The van der Waals surface area contributed by atoms with Crippen LogP contribution in [-0.4, -0.2) is 25.8 Å². The monoisotopic (exact) mass is 260 g/mol. The lowest BCUT2D eigenvalue weighted by molar-refractivity contribution is -0.139. The zero-order valence-electron chi connectivity index (χ0n) is 10.8. The van der Waals surface area contributed by atoms with Crippen molar-refractivity contribution in [3.63, 3.8) is 0 Å². The minimum Gasteiger partial charge on any atom is -0.480 e. The smallest absolute Gasteiger partial charge is 0.325 e. The van der Waals surface area contributed by atoms with Crippen LogP contribution in [0.25, 0.3) is 0 Å². The Hall–Kier alpha value is -2.21. The first-order valence-corrected chi connectivity index (χ1v) is 5.97. The number of hydrogen-bond donors (Lipinski definition) is 2. The fraction of sp³-hybridized carbons (Fsp3) is 0.308. The van der Waals surface area contributed by atoms with Crippen molar-refractivity contribution >= 4 is 5.97 Å². The van der Waals surface area contributed by atoms with Crippen LogP contribution in [0.5, 0.6) is 0 Å². The highest BCUT2D eigenvalue weighted by atomic mass is 16.4. The summed E-state index contributed by atoms with van der Waals surface area (Å²) in [5, 5.41) is 20.2. The number of aromatic nitrogens is 3. The second-order valence-corrected chi connectivity index (χ2v) is 4.37. The van der Waals surface area contributed by atoms with Gasteiger partial charge >= 0.3 is 5.97 Å². The van der Waals surface area contributed by atoms with Crippen LogP contribution < -0.4 is 5.32 Å². The lowest BCUT2D eigenvalue weighted by Gasteiger charge is -2.19. The summed E-state index contributed by atoms with van der Waals surface area (Å²) in [6.07, 6.45) is 1.59. The van der Waals surface area contributed by atoms with E-state index in [0.29, 0.717) is 11.4 Å². The average Bonchev–Trinajstić information content (AvgIpc) is 2.82. The van der Waals surface area contributed by atoms with Crippen molar-refractivity contribution in [3.05, 3.63) is 48.0 Å². The predicted molar refractivity (Wildman–Crippen MR) is 69.4 cm³/mol. The summed E-state index contributed by atoms with van der Waals surface area (Å²) in [6, 6.07) is 8.08. The molecule has 2 rings (SSSR count). The highest BCUT2D eigenvalue weighted by molar-refractivity contribution is 5.75. The van der Waals surface area contributed by atoms with Gasteiger partial charge < -0.3 is 9.67 Å². The topological polar surface area (TPSA) is 80.0 Å². The molecule has 0 fully saturated rings. The number of carboxylic acid groups (broad SMARTS) is 1. The molecule has 0 saturated heterocycles. The molecule has 0 saturated carbocycles. The van der Waals surface area contributed by atoms with E-state index in [1.807, 2.05) is 32.2 Å². The molecule has 0 aliphatic rings. The summed E-state index contributed by atoms with van der Waals surface area (Å²) in [5.41, 5.74) is 0.712. The van der Waals surface area contributed by atoms with Gasteiger partial charge in [-0.15, -0.1) is 10.2 Å². The second kappa shape index (κ2) is 5.62. The van der Waals surface area contributed by atoms with Gasteiger partial charge in [0.15, 0.2) is 0 Å². The van der Waals surface area contributed by atoms with E-state index >= 15 is 0 Å². The van der Waals surface area contributed by atoms with E-state index in [-0.39, 0.29) is 6.04 Å². The maximum Gasteiger partial charge on any atom is 0.325 e. The molecule has 19 heavy (non-hydrogen) atoms. The molecule has 0 bridgehead atoms. The Balaban J connectivity index is 2.19. The molecule has 2 atom stereocenters. The summed E-state index contributed by atoms with van der Waals surface area (Å²) >= 11 is 0. The number of aliphatic carboxylic acids is 1. The molecule has 6 heteroatoms. The molecular weight excluding hydrogens is 244 g/mol. The second-order valence-electron chi connectivity index (χ2n) is 4.37. The number of nitrogens with one attached hydrogen (secondary N) is 1. The van der Waals surface area contributed by atoms with E-state index in [9.17, 15) is 9.90 Å². The summed E-state index contributed by atoms with van der Waals surface area (Å²) in [5.74, 6) is -0.220. The summed E-state index contributed by atoms with van der Waals surface area (Å²) < 4.78 is 1.77. The van der Waals surface area contributed by atoms with E-state index in [4.69, 9.17) is 0 Å². The number of aryl methyl sites for hydroxylation is 1. The highest BCUT2D eigenvalue weighted by Crippen LogP contribution is 2.18. The van der Waals surface area contributed by atoms with Crippen LogP contribution in [0.4, 0.5) is 0 Å². The maximum absolute atomic E-state index is 11.4. The maximum atomic E-state index is 11.4. The molecule has 2 N–H and O–H groups in total. The summed E-state index contributed by atoms with van der Waals surface area (Å²) in [6.45, 7) is 1.86. The van der Waals surface area contributed by atoms with Gasteiger partial charge in [0, 0.05) is 7.05 Å². The highest BCUT2D eigenvalue weighted by Gasteiger charge is 2.23. The van der Waals surface area contributed by atoms with Crippen molar-refractivity contribution in [1.29, 1.82) is 0 Å². The summed E-state index contributed by atoms with van der Waals surface area (Å²) in [7, 11) is 1.83. The van der Waals surface area contributed by atoms with E-state index in [1.54, 1.807) is 23.0 Å². The Bertz CT molecular complexity index is 553. The number of hydrogen-bond acceptors (Lipinski definition) is 4. The molecule has 1 heterocycles. The minimum atomic E-state index is -0.916. The van der Waals surface area contributed by atoms with Gasteiger partial charge in [-0.3, -0.25) is 10.1 Å². The largest absolute Gasteiger partial charge is 0.480 e. The van der Waals surface area contributed by atoms with Crippen LogP contribution >= 0.6 is 0 Å². The molecule has 0 amide bonds. The fourth-order valence-electron chi connectivity index (χ4n) is 1.96. The summed E-state index contributed by atoms with van der Waals surface area (Å²) in [4.78, 5) is 11.4. The van der Waals surface area contributed by atoms with Crippen LogP contribution in [0.2, 0.25) is 0 Å². The Labute approximate surface area is 111 Å². The van der Waals surface area contributed by atoms with Gasteiger partial charge in [0.2, 0.25) is 0 Å². The molecule has 1 aromatic carbocycles. The van der Waals surface area contributed by atoms with Crippen molar-refractivity contribution < 1.29 is 9.90 Å². The molecule has 0 aliphatic carbocycles. The lowest BCUT2D eigenvalue weighted by Crippen LogP contribution is -2.31. The standard InChI is InChI=1S/C13H16N4O2/c1-9(12-16-14-8-17(12)2)15-11(13(18)19)10-6-4-3-5-7-10/h3-9,11,15H,1-2H3,(H,18,19). The van der Waals surface area contributed by atoms with Gasteiger partial charge in [0.1, 0.15) is 18.2 Å². The van der Waals surface area contributed by atoms with Gasteiger partial charge in [-0.1, -0.05) is 30.3 Å². The molecule has 0 aliphatic heterocycles. The van der Waals surface area contributed by atoms with Crippen molar-refractivity contribution in [1.82, 2.24) is 20.1 Å². The lowest BCUT2D eigenvalue weighted by atomic mass is 10.1. The molecule has 6 nitrogen and oxygen atoms in total. The van der Waals surface area contributed by atoms with Gasteiger partial charge in [0.05, 0.1) is 6.04 Å². The molecule has 0 spiro atoms. The van der Waals surface area contributed by atoms with Gasteiger partial charge in [-0.2, -0.15) is 0 Å². The molecule has 2 unspecified atom stereocenters. The first kappa shape index (κ1) is 13.2. The van der Waals surface area contributed by atoms with Crippen LogP contribution in [0.3, 0.4) is 0 Å². The first-order chi connectivity index (χ1) is 9.09. The molecule has 2 aromatic rings. The zero-order valence-corrected chi connectivity index (χ0v) is 10.8. The normalized spacial score (nSPS) is 14.0. The van der Waals surface area contributed by atoms with Crippen LogP contribution in [-0.2, 0) is 11.8 Å². The number of nitrogens with zero attached hydrogens (tertiary/aromatic N) is 3. The number of rotatable bonds is 5. The third-order valence-corrected chi connectivity index (χ3v) is 2.93. The fourth-order valence-corrected chi connectivity index (χ4v) is 1.96. The van der Waals surface area contributed by atoms with Gasteiger partial charge in [0.25, 0.3) is 0 Å². The van der Waals surface area contributed by atoms with E-state index in [0.717, 1.165) is 0 Å². The van der Waals surface area contributed by atoms with Gasteiger partial charge in [-0.05, 0) is 12.5 Å². The van der Waals surface area contributed by atoms with Crippen molar-refractivity contribution in [2.24, 2.45) is 7.05 Å². The molecular formula is C13H16N4O2. The number of carbonyl (C=O) groups is 1. The third-order valence-electron chi connectivity index (χ3n) is 2.93. The van der Waals surface area contributed by atoms with E-state index < -0.39 is 12.0 Å². The SMILES string of the molecule is CC(NC(C(=O)O)c1ccccc1)c1nncn1C. The molecule has 100 valence electrons. The van der Waals surface area contributed by atoms with Crippen molar-refractivity contribution in [2.75, 3.05) is 0 Å². The van der Waals surface area contributed by atoms with Crippen LogP contribution in [0, 0.1) is 0 Å². The Morgan fingerprint density at radius 3 is 2.58 bits per heavy atom. The van der Waals surface area contributed by atoms with Crippen molar-refractivity contribution in [2.45, 2.75) is 19.0 Å². The average molecular weight is 260 g/mol. The number of carboxylic acids is 1. The van der Waals surface area contributed by atoms with Crippen LogP contribution in [0.15, 0.2) is 36.7 Å². The minimum absolute atomic E-state index is 0.214. The predicted octanol–water partition coefficient (Wildman–Crippen LogP) is 1.29. The van der Waals surface area contributed by atoms with E-state index in [2.05, 4.69) is 15.5 Å².